The van der Waals surface area contributed by atoms with Crippen molar-refractivity contribution < 1.29 is 4.74 Å². The van der Waals surface area contributed by atoms with Gasteiger partial charge in [0.1, 0.15) is 0 Å². The van der Waals surface area contributed by atoms with Crippen molar-refractivity contribution in [3.8, 4) is 0 Å². The number of anilines is 1. The molecule has 2 rings (SSSR count). The molecule has 18 heavy (non-hydrogen) atoms. The maximum Gasteiger partial charge on any atom is 0.0747 e. The molecule has 2 N–H and O–H groups in total. The van der Waals surface area contributed by atoms with E-state index < -0.39 is 0 Å². The molecular weight excluding hydrogens is 292 g/mol. The summed E-state index contributed by atoms with van der Waals surface area (Å²) < 4.78 is 6.93. The maximum atomic E-state index is 5.84. The van der Waals surface area contributed by atoms with Gasteiger partial charge in [0.05, 0.1) is 6.10 Å². The zero-order chi connectivity index (χ0) is 13.0. The minimum absolute atomic E-state index is 0.331. The first-order valence-corrected chi connectivity index (χ1v) is 7.39. The van der Waals surface area contributed by atoms with Gasteiger partial charge in [0.15, 0.2) is 0 Å². The highest BCUT2D eigenvalue weighted by Crippen LogP contribution is 2.27. The van der Waals surface area contributed by atoms with Gasteiger partial charge in [-0.15, -0.1) is 0 Å². The Balaban J connectivity index is 2.25. The van der Waals surface area contributed by atoms with Crippen molar-refractivity contribution in [3.05, 3.63) is 28.2 Å². The van der Waals surface area contributed by atoms with Crippen LogP contribution in [0.2, 0.25) is 0 Å². The summed E-state index contributed by atoms with van der Waals surface area (Å²) in [5.74, 6) is 0. The Hall–Kier alpha value is -0.580. The van der Waals surface area contributed by atoms with Crippen LogP contribution in [-0.4, -0.2) is 25.8 Å². The molecule has 0 spiro atoms. The monoisotopic (exact) mass is 312 g/mol. The fraction of sp³-hybridized carbons (Fsp3) is 0.571. The molecule has 3 nitrogen and oxygen atoms in total. The van der Waals surface area contributed by atoms with Gasteiger partial charge < -0.3 is 15.4 Å². The van der Waals surface area contributed by atoms with Crippen LogP contribution in [-0.2, 0) is 11.3 Å². The second-order valence-electron chi connectivity index (χ2n) is 4.68. The van der Waals surface area contributed by atoms with E-state index in [-0.39, 0.29) is 0 Å². The summed E-state index contributed by atoms with van der Waals surface area (Å²) in [7, 11) is 0. The highest BCUT2D eigenvalue weighted by molar-refractivity contribution is 9.10. The van der Waals surface area contributed by atoms with Gasteiger partial charge >= 0.3 is 0 Å². The first kappa shape index (κ1) is 13.8. The zero-order valence-electron chi connectivity index (χ0n) is 10.9. The topological polar surface area (TPSA) is 38.5 Å². The Bertz CT molecular complexity index is 397. The van der Waals surface area contributed by atoms with E-state index in [4.69, 9.17) is 10.5 Å². The normalized spacial score (nSPS) is 20.8. The van der Waals surface area contributed by atoms with E-state index in [0.717, 1.165) is 37.0 Å². The van der Waals surface area contributed by atoms with Gasteiger partial charge in [0, 0.05) is 36.4 Å². The van der Waals surface area contributed by atoms with Gasteiger partial charge in [0.2, 0.25) is 0 Å². The average Bonchev–Trinajstić information content (AvgIpc) is 2.64. The van der Waals surface area contributed by atoms with Crippen LogP contribution in [0.25, 0.3) is 0 Å². The van der Waals surface area contributed by atoms with Gasteiger partial charge in [-0.3, -0.25) is 0 Å². The number of rotatable bonds is 3. The summed E-state index contributed by atoms with van der Waals surface area (Å²) >= 11 is 3.55. The van der Waals surface area contributed by atoms with Crippen LogP contribution in [0.3, 0.4) is 0 Å². The molecule has 0 aromatic heterocycles. The average molecular weight is 313 g/mol. The minimum atomic E-state index is 0.331. The molecule has 1 unspecified atom stereocenters. The van der Waals surface area contributed by atoms with Gasteiger partial charge in [-0.2, -0.15) is 0 Å². The van der Waals surface area contributed by atoms with Crippen molar-refractivity contribution in [2.75, 3.05) is 24.6 Å². The maximum absolute atomic E-state index is 5.84. The van der Waals surface area contributed by atoms with Gasteiger partial charge in [0.25, 0.3) is 0 Å². The van der Waals surface area contributed by atoms with Crippen LogP contribution in [0.5, 0.6) is 0 Å². The van der Waals surface area contributed by atoms with Crippen molar-refractivity contribution in [2.24, 2.45) is 5.73 Å². The Kier molecular flexibility index (Phi) is 5.03. The molecule has 1 saturated heterocycles. The summed E-state index contributed by atoms with van der Waals surface area (Å²) in [6.45, 7) is 5.62. The lowest BCUT2D eigenvalue weighted by atomic mass is 10.1. The van der Waals surface area contributed by atoms with E-state index in [1.54, 1.807) is 0 Å². The summed E-state index contributed by atoms with van der Waals surface area (Å²) in [6.07, 6.45) is 2.47. The van der Waals surface area contributed by atoms with Crippen LogP contribution in [0.4, 0.5) is 5.69 Å². The molecule has 1 aliphatic heterocycles. The van der Waals surface area contributed by atoms with Gasteiger partial charge in [-0.25, -0.2) is 0 Å². The number of nitrogens with zero attached hydrogens (tertiary/aromatic N) is 1. The Labute approximate surface area is 117 Å². The molecule has 0 radical (unpaired) electrons. The van der Waals surface area contributed by atoms with Crippen molar-refractivity contribution in [3.63, 3.8) is 0 Å². The number of benzene rings is 1. The largest absolute Gasteiger partial charge is 0.376 e. The Morgan fingerprint density at radius 3 is 3.06 bits per heavy atom. The fourth-order valence-electron chi connectivity index (χ4n) is 2.36. The van der Waals surface area contributed by atoms with Crippen LogP contribution < -0.4 is 10.6 Å². The Morgan fingerprint density at radius 1 is 1.50 bits per heavy atom. The molecule has 1 aromatic rings. The van der Waals surface area contributed by atoms with Crippen LogP contribution in [0.1, 0.15) is 25.3 Å². The molecule has 0 amide bonds. The molecule has 1 fully saturated rings. The second-order valence-corrected chi connectivity index (χ2v) is 5.59. The third-order valence-corrected chi connectivity index (χ3v) is 3.91. The van der Waals surface area contributed by atoms with E-state index >= 15 is 0 Å². The molecule has 1 heterocycles. The first-order valence-electron chi connectivity index (χ1n) is 6.59. The van der Waals surface area contributed by atoms with Crippen molar-refractivity contribution in [2.45, 2.75) is 32.4 Å². The van der Waals surface area contributed by atoms with E-state index in [2.05, 4.69) is 46.0 Å². The third kappa shape index (κ3) is 3.25. The van der Waals surface area contributed by atoms with E-state index in [0.29, 0.717) is 12.6 Å². The molecule has 0 aliphatic carbocycles. The highest BCUT2D eigenvalue weighted by atomic mass is 79.9. The summed E-state index contributed by atoms with van der Waals surface area (Å²) in [5.41, 5.74) is 8.29. The van der Waals surface area contributed by atoms with Crippen molar-refractivity contribution in [1.29, 1.82) is 0 Å². The molecule has 0 saturated carbocycles. The van der Waals surface area contributed by atoms with Crippen LogP contribution in [0.15, 0.2) is 22.7 Å². The second kappa shape index (κ2) is 6.55. The molecule has 4 heteroatoms. The van der Waals surface area contributed by atoms with E-state index in [1.165, 1.54) is 11.3 Å². The first-order chi connectivity index (χ1) is 8.74. The van der Waals surface area contributed by atoms with Crippen molar-refractivity contribution in [1.82, 2.24) is 0 Å². The Morgan fingerprint density at radius 2 is 2.33 bits per heavy atom. The zero-order valence-corrected chi connectivity index (χ0v) is 12.4. The SMILES string of the molecule is CCC1CN(c2cc(Br)ccc2CN)CCCO1. The lowest BCUT2D eigenvalue weighted by molar-refractivity contribution is 0.0664. The number of nitrogens with two attached hydrogens (primary N) is 1. The smallest absolute Gasteiger partial charge is 0.0747 e. The minimum Gasteiger partial charge on any atom is -0.376 e. The standard InChI is InChI=1S/C14H21BrN2O/c1-2-13-10-17(6-3-7-18-13)14-8-12(15)5-4-11(14)9-16/h4-5,8,13H,2-3,6-7,9-10,16H2,1H3. The van der Waals surface area contributed by atoms with E-state index in [1.807, 2.05) is 0 Å². The summed E-state index contributed by atoms with van der Waals surface area (Å²) in [4.78, 5) is 2.41. The molecular formula is C14H21BrN2O. The molecule has 1 atom stereocenters. The van der Waals surface area contributed by atoms with Crippen LogP contribution in [0, 0.1) is 0 Å². The summed E-state index contributed by atoms with van der Waals surface area (Å²) in [6, 6.07) is 6.32. The molecule has 1 aliphatic rings. The van der Waals surface area contributed by atoms with Gasteiger partial charge in [-0.05, 0) is 30.5 Å². The summed E-state index contributed by atoms with van der Waals surface area (Å²) in [5, 5.41) is 0. The number of hydrogen-bond acceptors (Lipinski definition) is 3. The third-order valence-electron chi connectivity index (χ3n) is 3.41. The highest BCUT2D eigenvalue weighted by Gasteiger charge is 2.19. The predicted molar refractivity (Wildman–Crippen MR) is 78.9 cm³/mol. The van der Waals surface area contributed by atoms with Crippen molar-refractivity contribution >= 4 is 21.6 Å². The number of halogens is 1. The quantitative estimate of drug-likeness (QED) is 0.932. The number of ether oxygens (including phenoxy) is 1. The lowest BCUT2D eigenvalue weighted by Gasteiger charge is -2.27. The lowest BCUT2D eigenvalue weighted by Crippen LogP contribution is -2.32. The predicted octanol–water partition coefficient (Wildman–Crippen LogP) is 2.91. The molecule has 0 bridgehead atoms. The van der Waals surface area contributed by atoms with Crippen LogP contribution >= 0.6 is 15.9 Å². The van der Waals surface area contributed by atoms with E-state index in [9.17, 15) is 0 Å². The molecule has 1 aromatic carbocycles. The van der Waals surface area contributed by atoms with Gasteiger partial charge in [-0.1, -0.05) is 28.9 Å². The fourth-order valence-corrected chi connectivity index (χ4v) is 2.71. The number of hydrogen-bond donors (Lipinski definition) is 1. The molecule has 100 valence electrons.